The van der Waals surface area contributed by atoms with E-state index in [1.165, 1.54) is 0 Å². The van der Waals surface area contributed by atoms with Crippen molar-refractivity contribution in [3.63, 3.8) is 0 Å². The van der Waals surface area contributed by atoms with Crippen LogP contribution in [0.1, 0.15) is 20.8 Å². The van der Waals surface area contributed by atoms with Crippen LogP contribution in [0.5, 0.6) is 0 Å². The number of hydrogen-bond donors (Lipinski definition) is 1. The van der Waals surface area contributed by atoms with Crippen LogP contribution >= 0.6 is 0 Å². The number of amides is 1. The first-order valence-corrected chi connectivity index (χ1v) is 6.34. The van der Waals surface area contributed by atoms with E-state index in [1.807, 2.05) is 25.7 Å². The number of carbonyl (C=O) groups is 1. The molecule has 17 heavy (non-hydrogen) atoms. The number of nitrogens with one attached hydrogen (secondary N) is 1. The first-order chi connectivity index (χ1) is 8.11. The summed E-state index contributed by atoms with van der Waals surface area (Å²) in [5.41, 5.74) is 0. The molecule has 1 saturated heterocycles. The van der Waals surface area contributed by atoms with Crippen LogP contribution in [0.25, 0.3) is 0 Å². The Morgan fingerprint density at radius 1 is 1.59 bits per heavy atom. The van der Waals surface area contributed by atoms with Gasteiger partial charge in [0.15, 0.2) is 0 Å². The highest BCUT2D eigenvalue weighted by molar-refractivity contribution is 5.80. The van der Waals surface area contributed by atoms with Crippen molar-refractivity contribution < 1.29 is 9.53 Å². The highest BCUT2D eigenvalue weighted by Crippen LogP contribution is 2.18. The summed E-state index contributed by atoms with van der Waals surface area (Å²) in [6.45, 7) is 12.4. The van der Waals surface area contributed by atoms with Gasteiger partial charge >= 0.3 is 0 Å². The van der Waals surface area contributed by atoms with Gasteiger partial charge in [0.05, 0.1) is 19.1 Å². The Hall–Kier alpha value is -0.870. The summed E-state index contributed by atoms with van der Waals surface area (Å²) in [6.07, 6.45) is 1.77. The lowest BCUT2D eigenvalue weighted by Crippen LogP contribution is -2.48. The maximum absolute atomic E-state index is 12.4. The van der Waals surface area contributed by atoms with Crippen molar-refractivity contribution in [2.75, 3.05) is 26.3 Å². The Kier molecular flexibility index (Phi) is 5.65. The van der Waals surface area contributed by atoms with Crippen LogP contribution in [0.4, 0.5) is 0 Å². The van der Waals surface area contributed by atoms with Crippen LogP contribution < -0.4 is 5.32 Å². The van der Waals surface area contributed by atoms with E-state index < -0.39 is 0 Å². The molecule has 1 aliphatic rings. The molecule has 0 aromatic carbocycles. The smallest absolute Gasteiger partial charge is 0.230 e. The van der Waals surface area contributed by atoms with E-state index in [1.54, 1.807) is 6.08 Å². The maximum atomic E-state index is 12.4. The molecule has 0 radical (unpaired) electrons. The average Bonchev–Trinajstić information content (AvgIpc) is 2.73. The Morgan fingerprint density at radius 2 is 2.29 bits per heavy atom. The van der Waals surface area contributed by atoms with Crippen LogP contribution in [0.2, 0.25) is 0 Å². The summed E-state index contributed by atoms with van der Waals surface area (Å²) in [5, 5.41) is 3.31. The first kappa shape index (κ1) is 14.2. The molecule has 1 aliphatic heterocycles. The molecule has 2 unspecified atom stereocenters. The predicted octanol–water partition coefficient (Wildman–Crippen LogP) is 1.03. The van der Waals surface area contributed by atoms with Crippen LogP contribution in [0.3, 0.4) is 0 Å². The SMILES string of the molecule is C=CCN(C(=O)C1COCC1NCC)C(C)C. The van der Waals surface area contributed by atoms with Gasteiger partial charge in [-0.05, 0) is 20.4 Å². The van der Waals surface area contributed by atoms with Gasteiger partial charge in [-0.2, -0.15) is 0 Å². The Balaban J connectivity index is 2.68. The van der Waals surface area contributed by atoms with Gasteiger partial charge in [0.2, 0.25) is 5.91 Å². The summed E-state index contributed by atoms with van der Waals surface area (Å²) in [4.78, 5) is 14.3. The predicted molar refractivity (Wildman–Crippen MR) is 68.8 cm³/mol. The second-order valence-corrected chi connectivity index (χ2v) is 4.68. The average molecular weight is 240 g/mol. The summed E-state index contributed by atoms with van der Waals surface area (Å²) < 4.78 is 5.42. The third kappa shape index (κ3) is 3.54. The number of carbonyl (C=O) groups excluding carboxylic acids is 1. The van der Waals surface area contributed by atoms with E-state index in [4.69, 9.17) is 4.74 Å². The van der Waals surface area contributed by atoms with Gasteiger partial charge in [0, 0.05) is 18.6 Å². The molecule has 1 heterocycles. The summed E-state index contributed by atoms with van der Waals surface area (Å²) >= 11 is 0. The molecule has 4 nitrogen and oxygen atoms in total. The lowest BCUT2D eigenvalue weighted by Gasteiger charge is -2.30. The minimum Gasteiger partial charge on any atom is -0.379 e. The van der Waals surface area contributed by atoms with Crippen LogP contribution in [0, 0.1) is 5.92 Å². The normalized spacial score (nSPS) is 24.0. The van der Waals surface area contributed by atoms with Gasteiger partial charge in [0.1, 0.15) is 0 Å². The standard InChI is InChI=1S/C13H24N2O2/c1-5-7-15(10(3)4)13(16)11-8-17-9-12(11)14-6-2/h5,10-12,14H,1,6-9H2,2-4H3. The fourth-order valence-electron chi connectivity index (χ4n) is 2.17. The third-order valence-electron chi connectivity index (χ3n) is 3.10. The zero-order chi connectivity index (χ0) is 12.8. The van der Waals surface area contributed by atoms with Gasteiger partial charge < -0.3 is 15.0 Å². The fraction of sp³-hybridized carbons (Fsp3) is 0.769. The van der Waals surface area contributed by atoms with E-state index in [0.29, 0.717) is 19.8 Å². The molecule has 0 aromatic heterocycles. The number of ether oxygens (including phenoxy) is 1. The molecule has 0 saturated carbocycles. The molecule has 0 aromatic rings. The Labute approximate surface area is 104 Å². The van der Waals surface area contributed by atoms with Crippen molar-refractivity contribution in [2.45, 2.75) is 32.9 Å². The lowest BCUT2D eigenvalue weighted by atomic mass is 10.0. The van der Waals surface area contributed by atoms with E-state index >= 15 is 0 Å². The van der Waals surface area contributed by atoms with Crippen LogP contribution in [-0.2, 0) is 9.53 Å². The van der Waals surface area contributed by atoms with E-state index in [9.17, 15) is 4.79 Å². The van der Waals surface area contributed by atoms with Gasteiger partial charge in [-0.25, -0.2) is 0 Å². The van der Waals surface area contributed by atoms with Gasteiger partial charge in [-0.3, -0.25) is 4.79 Å². The monoisotopic (exact) mass is 240 g/mol. The van der Waals surface area contributed by atoms with Crippen molar-refractivity contribution in [2.24, 2.45) is 5.92 Å². The maximum Gasteiger partial charge on any atom is 0.230 e. The molecule has 1 fully saturated rings. The number of hydrogen-bond acceptors (Lipinski definition) is 3. The van der Waals surface area contributed by atoms with Crippen molar-refractivity contribution in [1.82, 2.24) is 10.2 Å². The van der Waals surface area contributed by atoms with Gasteiger partial charge in [-0.1, -0.05) is 13.0 Å². The summed E-state index contributed by atoms with van der Waals surface area (Å²) in [6, 6.07) is 0.349. The summed E-state index contributed by atoms with van der Waals surface area (Å²) in [7, 11) is 0. The number of rotatable bonds is 6. The van der Waals surface area contributed by atoms with E-state index in [-0.39, 0.29) is 23.9 Å². The highest BCUT2D eigenvalue weighted by Gasteiger charge is 2.36. The van der Waals surface area contributed by atoms with Crippen molar-refractivity contribution in [3.05, 3.63) is 12.7 Å². The van der Waals surface area contributed by atoms with Crippen LogP contribution in [-0.4, -0.2) is 49.2 Å². The molecule has 1 N–H and O–H groups in total. The van der Waals surface area contributed by atoms with Gasteiger partial charge in [-0.15, -0.1) is 6.58 Å². The topological polar surface area (TPSA) is 41.6 Å². The molecule has 0 aliphatic carbocycles. The molecule has 1 amide bonds. The minimum atomic E-state index is -0.0581. The highest BCUT2D eigenvalue weighted by atomic mass is 16.5. The third-order valence-corrected chi connectivity index (χ3v) is 3.10. The molecule has 1 rings (SSSR count). The van der Waals surface area contributed by atoms with Crippen molar-refractivity contribution in [3.8, 4) is 0 Å². The van der Waals surface area contributed by atoms with Crippen molar-refractivity contribution >= 4 is 5.91 Å². The molecule has 4 heteroatoms. The van der Waals surface area contributed by atoms with Crippen LogP contribution in [0.15, 0.2) is 12.7 Å². The molecular weight excluding hydrogens is 216 g/mol. The Morgan fingerprint density at radius 3 is 2.82 bits per heavy atom. The quantitative estimate of drug-likeness (QED) is 0.705. The largest absolute Gasteiger partial charge is 0.379 e. The van der Waals surface area contributed by atoms with E-state index in [2.05, 4.69) is 11.9 Å². The molecule has 0 spiro atoms. The van der Waals surface area contributed by atoms with E-state index in [0.717, 1.165) is 6.54 Å². The zero-order valence-corrected chi connectivity index (χ0v) is 11.1. The second-order valence-electron chi connectivity index (χ2n) is 4.68. The number of nitrogens with zero attached hydrogens (tertiary/aromatic N) is 1. The zero-order valence-electron chi connectivity index (χ0n) is 11.1. The first-order valence-electron chi connectivity index (χ1n) is 6.34. The number of likely N-dealkylation sites (N-methyl/N-ethyl adjacent to an activating group) is 1. The fourth-order valence-corrected chi connectivity index (χ4v) is 2.17. The van der Waals surface area contributed by atoms with Gasteiger partial charge in [0.25, 0.3) is 0 Å². The second kappa shape index (κ2) is 6.77. The van der Waals surface area contributed by atoms with Crippen molar-refractivity contribution in [1.29, 1.82) is 0 Å². The lowest BCUT2D eigenvalue weighted by molar-refractivity contribution is -0.137. The molecule has 0 bridgehead atoms. The molecule has 2 atom stereocenters. The minimum absolute atomic E-state index is 0.0581. The Bertz CT molecular complexity index is 266. The molecular formula is C13H24N2O2. The molecule has 98 valence electrons. The summed E-state index contributed by atoms with van der Waals surface area (Å²) in [5.74, 6) is 0.112.